The minimum Gasteiger partial charge on any atom is -0.423 e. The second kappa shape index (κ2) is 8.32. The van der Waals surface area contributed by atoms with E-state index in [9.17, 15) is 4.79 Å². The van der Waals surface area contributed by atoms with Gasteiger partial charge in [0.15, 0.2) is 5.58 Å². The molecular weight excluding hydrogens is 418 g/mol. The van der Waals surface area contributed by atoms with Crippen LogP contribution in [0, 0.1) is 0 Å². The Morgan fingerprint density at radius 3 is 2.55 bits per heavy atom. The van der Waals surface area contributed by atoms with Crippen LogP contribution in [0.5, 0.6) is 0 Å². The molecule has 1 aliphatic heterocycles. The van der Waals surface area contributed by atoms with Crippen molar-refractivity contribution in [3.05, 3.63) is 48.3 Å². The Balaban J connectivity index is 1.46. The standard InChI is InChI=1S/C24H27N7O2/c1-14-12-31(13-15(2)27-14)19-8-6-17(21-22(19)26-10-9-25-21)23(32)28-16-5-7-18-20(11-16)33-24(29-18)30(3)4/h5-11,14-15,27H,12-13H2,1-4H3,(H,28,32)/t14-,15-/m0/s1. The number of rotatable bonds is 4. The number of hydrogen-bond donors (Lipinski definition) is 2. The molecular formula is C24H27N7O2. The van der Waals surface area contributed by atoms with E-state index in [1.54, 1.807) is 23.4 Å². The summed E-state index contributed by atoms with van der Waals surface area (Å²) < 4.78 is 5.76. The topological polar surface area (TPSA) is 99.4 Å². The van der Waals surface area contributed by atoms with E-state index >= 15 is 0 Å². The molecule has 33 heavy (non-hydrogen) atoms. The van der Waals surface area contributed by atoms with E-state index in [2.05, 4.69) is 44.3 Å². The van der Waals surface area contributed by atoms with Gasteiger partial charge in [0.2, 0.25) is 0 Å². The highest BCUT2D eigenvalue weighted by molar-refractivity contribution is 6.13. The smallest absolute Gasteiger partial charge is 0.297 e. The zero-order valence-electron chi connectivity index (χ0n) is 19.2. The summed E-state index contributed by atoms with van der Waals surface area (Å²) in [6.45, 7) is 6.08. The highest BCUT2D eigenvalue weighted by Crippen LogP contribution is 2.29. The van der Waals surface area contributed by atoms with Crippen molar-refractivity contribution in [3.8, 4) is 0 Å². The molecule has 9 nitrogen and oxygen atoms in total. The largest absolute Gasteiger partial charge is 0.423 e. The predicted molar refractivity (Wildman–Crippen MR) is 130 cm³/mol. The van der Waals surface area contributed by atoms with Crippen LogP contribution in [0.3, 0.4) is 0 Å². The molecule has 4 aromatic rings. The van der Waals surface area contributed by atoms with E-state index in [4.69, 9.17) is 4.42 Å². The van der Waals surface area contributed by atoms with Gasteiger partial charge in [-0.25, -0.2) is 0 Å². The van der Waals surface area contributed by atoms with Crippen LogP contribution in [0.25, 0.3) is 22.1 Å². The number of amides is 1. The monoisotopic (exact) mass is 445 g/mol. The molecule has 0 aliphatic carbocycles. The number of benzene rings is 2. The first kappa shape index (κ1) is 21.1. The van der Waals surface area contributed by atoms with E-state index < -0.39 is 0 Å². The summed E-state index contributed by atoms with van der Waals surface area (Å²) in [7, 11) is 3.73. The quantitative estimate of drug-likeness (QED) is 0.494. The van der Waals surface area contributed by atoms with Crippen LogP contribution in [-0.2, 0) is 0 Å². The average molecular weight is 446 g/mol. The van der Waals surface area contributed by atoms with Crippen molar-refractivity contribution >= 4 is 45.4 Å². The molecule has 0 unspecified atom stereocenters. The molecule has 1 saturated heterocycles. The zero-order valence-corrected chi connectivity index (χ0v) is 19.2. The molecule has 2 atom stereocenters. The van der Waals surface area contributed by atoms with E-state index in [0.717, 1.165) is 29.8 Å². The minimum atomic E-state index is -0.249. The van der Waals surface area contributed by atoms with Crippen molar-refractivity contribution < 1.29 is 9.21 Å². The van der Waals surface area contributed by atoms with Gasteiger partial charge in [0, 0.05) is 63.4 Å². The summed E-state index contributed by atoms with van der Waals surface area (Å²) in [5.41, 5.74) is 4.75. The maximum Gasteiger partial charge on any atom is 0.297 e. The zero-order chi connectivity index (χ0) is 23.1. The third kappa shape index (κ3) is 4.07. The number of carbonyl (C=O) groups excluding carboxylic acids is 1. The molecule has 170 valence electrons. The minimum absolute atomic E-state index is 0.249. The number of nitrogens with one attached hydrogen (secondary N) is 2. The molecule has 1 amide bonds. The Hall–Kier alpha value is -3.72. The third-order valence-corrected chi connectivity index (χ3v) is 5.76. The number of oxazole rings is 1. The fourth-order valence-corrected chi connectivity index (χ4v) is 4.38. The molecule has 2 N–H and O–H groups in total. The maximum atomic E-state index is 13.2. The molecule has 1 aliphatic rings. The number of nitrogens with zero attached hydrogens (tertiary/aromatic N) is 5. The lowest BCUT2D eigenvalue weighted by Crippen LogP contribution is -2.54. The first-order valence-electron chi connectivity index (χ1n) is 11.0. The van der Waals surface area contributed by atoms with Gasteiger partial charge in [-0.3, -0.25) is 14.8 Å². The summed E-state index contributed by atoms with van der Waals surface area (Å²) in [6, 6.07) is 10.5. The number of fused-ring (bicyclic) bond motifs is 2. The van der Waals surface area contributed by atoms with Gasteiger partial charge in [0.05, 0.1) is 11.3 Å². The normalized spacial score (nSPS) is 18.6. The lowest BCUT2D eigenvalue weighted by molar-refractivity contribution is 0.102. The SMILES string of the molecule is C[C@H]1CN(c2ccc(C(=O)Nc3ccc4nc(N(C)C)oc4c3)c3nccnc23)C[C@H](C)N1. The lowest BCUT2D eigenvalue weighted by atomic mass is 10.1. The first-order chi connectivity index (χ1) is 15.9. The van der Waals surface area contributed by atoms with Gasteiger partial charge in [0.1, 0.15) is 16.6 Å². The Labute approximate surface area is 191 Å². The van der Waals surface area contributed by atoms with Crippen molar-refractivity contribution in [2.24, 2.45) is 0 Å². The number of piperazine rings is 1. The van der Waals surface area contributed by atoms with Crippen LogP contribution >= 0.6 is 0 Å². The Morgan fingerprint density at radius 1 is 1.09 bits per heavy atom. The van der Waals surface area contributed by atoms with Crippen molar-refractivity contribution in [2.75, 3.05) is 42.3 Å². The highest BCUT2D eigenvalue weighted by atomic mass is 16.4. The Morgan fingerprint density at radius 2 is 1.82 bits per heavy atom. The number of aromatic nitrogens is 3. The number of carbonyl (C=O) groups is 1. The van der Waals surface area contributed by atoms with Crippen LogP contribution < -0.4 is 20.4 Å². The van der Waals surface area contributed by atoms with Crippen LogP contribution in [0.1, 0.15) is 24.2 Å². The summed E-state index contributed by atoms with van der Waals surface area (Å²) in [4.78, 5) is 30.8. The van der Waals surface area contributed by atoms with E-state index in [-0.39, 0.29) is 5.91 Å². The van der Waals surface area contributed by atoms with Gasteiger partial charge < -0.3 is 24.9 Å². The van der Waals surface area contributed by atoms with Gasteiger partial charge in [-0.15, -0.1) is 0 Å². The van der Waals surface area contributed by atoms with Gasteiger partial charge in [0.25, 0.3) is 11.9 Å². The lowest BCUT2D eigenvalue weighted by Gasteiger charge is -2.38. The molecule has 2 aromatic heterocycles. The molecule has 9 heteroatoms. The number of hydrogen-bond acceptors (Lipinski definition) is 8. The van der Waals surface area contributed by atoms with Crippen LogP contribution in [0.15, 0.2) is 47.1 Å². The van der Waals surface area contributed by atoms with E-state index in [1.165, 1.54) is 0 Å². The molecule has 5 rings (SSSR count). The van der Waals surface area contributed by atoms with Gasteiger partial charge in [-0.2, -0.15) is 4.98 Å². The summed E-state index contributed by atoms with van der Waals surface area (Å²) in [5.74, 6) is -0.249. The molecule has 3 heterocycles. The fraction of sp³-hybridized carbons (Fsp3) is 0.333. The Bertz CT molecular complexity index is 1320. The van der Waals surface area contributed by atoms with Gasteiger partial charge in [-0.05, 0) is 38.1 Å². The van der Waals surface area contributed by atoms with Crippen molar-refractivity contribution in [3.63, 3.8) is 0 Å². The van der Waals surface area contributed by atoms with Crippen molar-refractivity contribution in [1.29, 1.82) is 0 Å². The van der Waals surface area contributed by atoms with Gasteiger partial charge in [-0.1, -0.05) is 0 Å². The molecule has 0 spiro atoms. The third-order valence-electron chi connectivity index (χ3n) is 5.76. The van der Waals surface area contributed by atoms with Crippen LogP contribution in [0.4, 0.5) is 17.4 Å². The molecule has 0 saturated carbocycles. The molecule has 0 radical (unpaired) electrons. The Kier molecular flexibility index (Phi) is 5.33. The second-order valence-electron chi connectivity index (χ2n) is 8.79. The van der Waals surface area contributed by atoms with E-state index in [0.29, 0.717) is 40.4 Å². The molecule has 2 aromatic carbocycles. The number of anilines is 3. The maximum absolute atomic E-state index is 13.2. The first-order valence-corrected chi connectivity index (χ1v) is 11.0. The summed E-state index contributed by atoms with van der Waals surface area (Å²) in [6.07, 6.45) is 3.29. The van der Waals surface area contributed by atoms with Gasteiger partial charge >= 0.3 is 0 Å². The molecule has 0 bridgehead atoms. The van der Waals surface area contributed by atoms with Crippen molar-refractivity contribution in [2.45, 2.75) is 25.9 Å². The predicted octanol–water partition coefficient (Wildman–Crippen LogP) is 3.28. The van der Waals surface area contributed by atoms with Crippen LogP contribution in [0.2, 0.25) is 0 Å². The molecule has 1 fully saturated rings. The second-order valence-corrected chi connectivity index (χ2v) is 8.79. The average Bonchev–Trinajstić information content (AvgIpc) is 3.21. The van der Waals surface area contributed by atoms with Crippen LogP contribution in [-0.4, -0.2) is 60.1 Å². The van der Waals surface area contributed by atoms with E-state index in [1.807, 2.05) is 38.4 Å². The summed E-state index contributed by atoms with van der Waals surface area (Å²) in [5, 5.41) is 6.51. The highest BCUT2D eigenvalue weighted by Gasteiger charge is 2.24. The fourth-order valence-electron chi connectivity index (χ4n) is 4.38. The van der Waals surface area contributed by atoms with Crippen molar-refractivity contribution in [1.82, 2.24) is 20.3 Å². The summed E-state index contributed by atoms with van der Waals surface area (Å²) >= 11 is 0.